The second-order valence-corrected chi connectivity index (χ2v) is 7.11. The molecule has 2 fully saturated rings. The third kappa shape index (κ3) is 6.20. The summed E-state index contributed by atoms with van der Waals surface area (Å²) in [7, 11) is 1.80. The molecule has 1 amide bonds. The molecule has 2 aliphatic heterocycles. The van der Waals surface area contributed by atoms with E-state index in [0.29, 0.717) is 18.9 Å². The smallest absolute Gasteiger partial charge is 0.217 e. The van der Waals surface area contributed by atoms with Crippen LogP contribution in [0.15, 0.2) is 23.3 Å². The van der Waals surface area contributed by atoms with Gasteiger partial charge in [-0.2, -0.15) is 0 Å². The topological polar surface area (TPSA) is 96.1 Å². The summed E-state index contributed by atoms with van der Waals surface area (Å²) in [5.74, 6) is 1.95. The highest BCUT2D eigenvalue weighted by molar-refractivity contribution is 14.0. The fourth-order valence-corrected chi connectivity index (χ4v) is 3.84. The molecule has 0 aliphatic carbocycles. The zero-order valence-corrected chi connectivity index (χ0v) is 18.8. The lowest BCUT2D eigenvalue weighted by Gasteiger charge is -2.35. The Morgan fingerprint density at radius 3 is 2.89 bits per heavy atom. The number of nitrogens with zero attached hydrogens (tertiary/aromatic N) is 4. The van der Waals surface area contributed by atoms with Gasteiger partial charge in [0.1, 0.15) is 5.82 Å². The molecule has 9 heteroatoms. The Labute approximate surface area is 183 Å². The molecule has 2 aliphatic rings. The number of likely N-dealkylation sites (tertiary alicyclic amines) is 1. The van der Waals surface area contributed by atoms with Crippen LogP contribution in [0, 0.1) is 5.92 Å². The minimum absolute atomic E-state index is 0. The summed E-state index contributed by atoms with van der Waals surface area (Å²) in [6.07, 6.45) is 4.37. The number of hydrogen-bond donors (Lipinski definition) is 2. The van der Waals surface area contributed by atoms with Crippen molar-refractivity contribution in [2.75, 3.05) is 51.3 Å². The fraction of sp³-hybridized carbons (Fsp3) is 0.632. The standard InChI is InChI=1S/C19H30N6O2.HI/c1-21-19(25-7-3-4-15(14-25)12-17(20)26)23-13-16-5-2-6-22-18(16)24-8-10-27-11-9-24;/h2,5-6,15H,3-4,7-14H2,1H3,(H2,20,26)(H,21,23);1H. The van der Waals surface area contributed by atoms with E-state index in [1.807, 2.05) is 12.3 Å². The summed E-state index contributed by atoms with van der Waals surface area (Å²) in [6, 6.07) is 4.07. The zero-order chi connectivity index (χ0) is 19.1. The third-order valence-corrected chi connectivity index (χ3v) is 5.14. The van der Waals surface area contributed by atoms with Crippen molar-refractivity contribution in [3.8, 4) is 0 Å². The average molecular weight is 502 g/mol. The number of morpholine rings is 1. The second kappa shape index (κ2) is 11.4. The molecular formula is C19H31IN6O2. The minimum atomic E-state index is -0.227. The maximum Gasteiger partial charge on any atom is 0.217 e. The van der Waals surface area contributed by atoms with Gasteiger partial charge in [0.15, 0.2) is 5.96 Å². The highest BCUT2D eigenvalue weighted by Crippen LogP contribution is 2.21. The average Bonchev–Trinajstić information content (AvgIpc) is 2.69. The molecular weight excluding hydrogens is 471 g/mol. The quantitative estimate of drug-likeness (QED) is 0.357. The van der Waals surface area contributed by atoms with E-state index in [-0.39, 0.29) is 29.9 Å². The Kier molecular flexibility index (Phi) is 9.23. The van der Waals surface area contributed by atoms with Crippen LogP contribution in [-0.2, 0) is 16.1 Å². The first-order chi connectivity index (χ1) is 13.2. The summed E-state index contributed by atoms with van der Waals surface area (Å²) >= 11 is 0. The zero-order valence-electron chi connectivity index (χ0n) is 16.5. The van der Waals surface area contributed by atoms with Gasteiger partial charge in [-0.15, -0.1) is 24.0 Å². The van der Waals surface area contributed by atoms with Crippen molar-refractivity contribution in [1.29, 1.82) is 0 Å². The summed E-state index contributed by atoms with van der Waals surface area (Å²) < 4.78 is 5.45. The first-order valence-corrected chi connectivity index (χ1v) is 9.68. The molecule has 3 N–H and O–H groups in total. The number of primary amides is 1. The van der Waals surface area contributed by atoms with Crippen molar-refractivity contribution < 1.29 is 9.53 Å². The summed E-state index contributed by atoms with van der Waals surface area (Å²) in [5, 5.41) is 3.47. The number of hydrogen-bond acceptors (Lipinski definition) is 5. The number of rotatable bonds is 5. The van der Waals surface area contributed by atoms with Crippen molar-refractivity contribution in [2.45, 2.75) is 25.8 Å². The molecule has 1 aromatic heterocycles. The van der Waals surface area contributed by atoms with E-state index in [0.717, 1.165) is 69.6 Å². The van der Waals surface area contributed by atoms with Gasteiger partial charge in [-0.05, 0) is 24.8 Å². The van der Waals surface area contributed by atoms with Gasteiger partial charge in [-0.25, -0.2) is 4.98 Å². The van der Waals surface area contributed by atoms with E-state index in [9.17, 15) is 4.79 Å². The number of ether oxygens (including phenoxy) is 1. The van der Waals surface area contributed by atoms with Crippen LogP contribution in [0.3, 0.4) is 0 Å². The lowest BCUT2D eigenvalue weighted by atomic mass is 9.95. The number of pyridine rings is 1. The molecule has 0 saturated carbocycles. The van der Waals surface area contributed by atoms with Crippen LogP contribution in [0.5, 0.6) is 0 Å². The van der Waals surface area contributed by atoms with Crippen molar-refractivity contribution >= 4 is 41.7 Å². The van der Waals surface area contributed by atoms with Crippen molar-refractivity contribution in [2.24, 2.45) is 16.6 Å². The molecule has 0 spiro atoms. The lowest BCUT2D eigenvalue weighted by molar-refractivity contribution is -0.119. The van der Waals surface area contributed by atoms with Crippen LogP contribution < -0.4 is 16.0 Å². The van der Waals surface area contributed by atoms with Crippen LogP contribution in [0.2, 0.25) is 0 Å². The van der Waals surface area contributed by atoms with Gasteiger partial charge in [0.05, 0.1) is 13.2 Å². The largest absolute Gasteiger partial charge is 0.378 e. The van der Waals surface area contributed by atoms with Crippen LogP contribution in [-0.4, -0.2) is 68.2 Å². The molecule has 0 aromatic carbocycles. The second-order valence-electron chi connectivity index (χ2n) is 7.11. The Hall–Kier alpha value is -1.62. The van der Waals surface area contributed by atoms with E-state index in [4.69, 9.17) is 10.5 Å². The van der Waals surface area contributed by atoms with E-state index < -0.39 is 0 Å². The van der Waals surface area contributed by atoms with E-state index in [1.165, 1.54) is 0 Å². The summed E-state index contributed by atoms with van der Waals surface area (Å²) in [6.45, 7) is 5.61. The monoisotopic (exact) mass is 502 g/mol. The molecule has 0 bridgehead atoms. The molecule has 2 saturated heterocycles. The highest BCUT2D eigenvalue weighted by atomic mass is 127. The SMILES string of the molecule is CN=C(NCc1cccnc1N1CCOCC1)N1CCCC(CC(N)=O)C1.I. The van der Waals surface area contributed by atoms with E-state index in [2.05, 4.69) is 31.2 Å². The minimum Gasteiger partial charge on any atom is -0.378 e. The predicted octanol–water partition coefficient (Wildman–Crippen LogP) is 1.20. The summed E-state index contributed by atoms with van der Waals surface area (Å²) in [4.78, 5) is 24.8. The van der Waals surface area contributed by atoms with Crippen molar-refractivity contribution in [1.82, 2.24) is 15.2 Å². The van der Waals surface area contributed by atoms with Gasteiger partial charge in [0.2, 0.25) is 5.91 Å². The lowest BCUT2D eigenvalue weighted by Crippen LogP contribution is -2.47. The molecule has 3 heterocycles. The van der Waals surface area contributed by atoms with Gasteiger partial charge < -0.3 is 25.6 Å². The van der Waals surface area contributed by atoms with E-state index >= 15 is 0 Å². The number of aromatic nitrogens is 1. The number of halogens is 1. The van der Waals surface area contributed by atoms with Gasteiger partial charge in [0.25, 0.3) is 0 Å². The number of anilines is 1. The van der Waals surface area contributed by atoms with Gasteiger partial charge >= 0.3 is 0 Å². The summed E-state index contributed by atoms with van der Waals surface area (Å²) in [5.41, 5.74) is 6.52. The number of amides is 1. The molecule has 28 heavy (non-hydrogen) atoms. The number of carbonyl (C=O) groups excluding carboxylic acids is 1. The molecule has 1 aromatic rings. The molecule has 8 nitrogen and oxygen atoms in total. The number of piperidine rings is 1. The Balaban J connectivity index is 0.00000280. The third-order valence-electron chi connectivity index (χ3n) is 5.14. The van der Waals surface area contributed by atoms with Crippen molar-refractivity contribution in [3.63, 3.8) is 0 Å². The molecule has 3 rings (SSSR count). The Bertz CT molecular complexity index is 666. The van der Waals surface area contributed by atoms with Gasteiger partial charge in [-0.1, -0.05) is 6.07 Å². The van der Waals surface area contributed by atoms with Crippen LogP contribution in [0.25, 0.3) is 0 Å². The maximum atomic E-state index is 11.2. The number of nitrogens with one attached hydrogen (secondary N) is 1. The molecule has 0 radical (unpaired) electrons. The molecule has 1 unspecified atom stereocenters. The fourth-order valence-electron chi connectivity index (χ4n) is 3.84. The first-order valence-electron chi connectivity index (χ1n) is 9.68. The van der Waals surface area contributed by atoms with Gasteiger partial charge in [-0.3, -0.25) is 9.79 Å². The van der Waals surface area contributed by atoms with Crippen LogP contribution in [0.4, 0.5) is 5.82 Å². The predicted molar refractivity (Wildman–Crippen MR) is 121 cm³/mol. The Morgan fingerprint density at radius 1 is 1.39 bits per heavy atom. The first kappa shape index (κ1) is 22.7. The molecule has 1 atom stereocenters. The van der Waals surface area contributed by atoms with Crippen LogP contribution >= 0.6 is 24.0 Å². The number of aliphatic imine (C=N–C) groups is 1. The normalized spacial score (nSPS) is 20.5. The van der Waals surface area contributed by atoms with Gasteiger partial charge in [0, 0.05) is 58.0 Å². The number of nitrogens with two attached hydrogens (primary N) is 1. The van der Waals surface area contributed by atoms with E-state index in [1.54, 1.807) is 7.05 Å². The number of carbonyl (C=O) groups is 1. The van der Waals surface area contributed by atoms with Crippen molar-refractivity contribution in [3.05, 3.63) is 23.9 Å². The maximum absolute atomic E-state index is 11.2. The Morgan fingerprint density at radius 2 is 2.18 bits per heavy atom. The van der Waals surface area contributed by atoms with Crippen LogP contribution in [0.1, 0.15) is 24.8 Å². The number of guanidine groups is 1. The highest BCUT2D eigenvalue weighted by Gasteiger charge is 2.24. The molecule has 156 valence electrons.